The van der Waals surface area contributed by atoms with Crippen LogP contribution >= 0.6 is 0 Å². The highest BCUT2D eigenvalue weighted by Gasteiger charge is 2.31. The predicted octanol–water partition coefficient (Wildman–Crippen LogP) is 4.52. The average molecular weight is 308 g/mol. The Bertz CT molecular complexity index is 565. The normalized spacial score (nSPS) is 11.3. The van der Waals surface area contributed by atoms with Crippen LogP contribution in [-0.2, 0) is 6.42 Å². The summed E-state index contributed by atoms with van der Waals surface area (Å²) in [4.78, 5) is 0. The summed E-state index contributed by atoms with van der Waals surface area (Å²) in [5.41, 5.74) is -0.363. The van der Waals surface area contributed by atoms with E-state index < -0.39 is 11.8 Å². The van der Waals surface area contributed by atoms with E-state index in [2.05, 4.69) is 11.3 Å². The highest BCUT2D eigenvalue weighted by atomic mass is 19.4. The van der Waals surface area contributed by atoms with Crippen molar-refractivity contribution in [2.75, 3.05) is 0 Å². The molecular weight excluding hydrogens is 293 g/mol. The first-order chi connectivity index (χ1) is 10.3. The average Bonchev–Trinajstić information content (AvgIpc) is 2.48. The predicted molar refractivity (Wildman–Crippen MR) is 74.5 cm³/mol. The summed E-state index contributed by atoms with van der Waals surface area (Å²) in [6, 6.07) is 9.48. The van der Waals surface area contributed by atoms with Crippen LogP contribution in [0.25, 0.3) is 0 Å². The zero-order chi connectivity index (χ0) is 16.6. The fourth-order valence-corrected chi connectivity index (χ4v) is 1.94. The molecule has 1 rings (SSSR count). The van der Waals surface area contributed by atoms with Gasteiger partial charge in [0.15, 0.2) is 0 Å². The Kier molecular flexibility index (Phi) is 6.00. The molecule has 0 saturated carbocycles. The van der Waals surface area contributed by atoms with Crippen molar-refractivity contribution < 1.29 is 17.9 Å². The Hall–Kier alpha value is -2.47. The van der Waals surface area contributed by atoms with Gasteiger partial charge in [0.1, 0.15) is 11.2 Å². The minimum Gasteiger partial charge on any atom is -0.406 e. The van der Waals surface area contributed by atoms with Crippen molar-refractivity contribution in [1.29, 1.82) is 10.5 Å². The zero-order valence-electron chi connectivity index (χ0n) is 11.9. The Morgan fingerprint density at radius 3 is 2.14 bits per heavy atom. The van der Waals surface area contributed by atoms with Crippen molar-refractivity contribution in [3.63, 3.8) is 0 Å². The van der Waals surface area contributed by atoms with Gasteiger partial charge in [0.05, 0.1) is 12.1 Å². The molecule has 0 saturated heterocycles. The number of halogens is 3. The molecule has 6 heteroatoms. The zero-order valence-corrected chi connectivity index (χ0v) is 11.9. The smallest absolute Gasteiger partial charge is 0.406 e. The van der Waals surface area contributed by atoms with Gasteiger partial charge in [-0.25, -0.2) is 0 Å². The van der Waals surface area contributed by atoms with Gasteiger partial charge in [0.2, 0.25) is 0 Å². The molecule has 0 bridgehead atoms. The highest BCUT2D eigenvalue weighted by molar-refractivity contribution is 5.28. The molecule has 3 nitrogen and oxygen atoms in total. The van der Waals surface area contributed by atoms with Crippen LogP contribution in [0, 0.1) is 28.1 Å². The minimum atomic E-state index is -4.72. The van der Waals surface area contributed by atoms with E-state index in [1.54, 1.807) is 6.08 Å². The number of aryl methyl sites for hydroxylation is 1. The second-order valence-electron chi connectivity index (χ2n) is 4.82. The van der Waals surface area contributed by atoms with Crippen molar-refractivity contribution in [3.8, 4) is 17.9 Å². The molecule has 0 heterocycles. The largest absolute Gasteiger partial charge is 0.573 e. The number of nitriles is 2. The van der Waals surface area contributed by atoms with E-state index in [0.717, 1.165) is 5.56 Å². The summed E-state index contributed by atoms with van der Waals surface area (Å²) in [5.74, 6) is -0.297. The Balaban J connectivity index is 2.69. The Morgan fingerprint density at radius 1 is 1.09 bits per heavy atom. The van der Waals surface area contributed by atoms with E-state index >= 15 is 0 Å². The van der Waals surface area contributed by atoms with E-state index in [4.69, 9.17) is 0 Å². The maximum Gasteiger partial charge on any atom is 0.573 e. The molecular formula is C16H15F3N2O. The van der Waals surface area contributed by atoms with Gasteiger partial charge in [-0.3, -0.25) is 0 Å². The van der Waals surface area contributed by atoms with Crippen molar-refractivity contribution in [2.24, 2.45) is 5.41 Å². The number of nitrogens with zero attached hydrogens (tertiary/aromatic N) is 2. The van der Waals surface area contributed by atoms with Gasteiger partial charge >= 0.3 is 6.36 Å². The molecule has 0 unspecified atom stereocenters. The molecule has 1 aromatic rings. The van der Waals surface area contributed by atoms with Gasteiger partial charge in [0.25, 0.3) is 0 Å². The lowest BCUT2D eigenvalue weighted by atomic mass is 9.81. The third-order valence-corrected chi connectivity index (χ3v) is 3.20. The SMILES string of the molecule is C=CCCC(C#N)(C#N)CCc1ccc(OC(F)(F)F)cc1. The van der Waals surface area contributed by atoms with E-state index in [1.165, 1.54) is 24.3 Å². The monoisotopic (exact) mass is 308 g/mol. The topological polar surface area (TPSA) is 56.8 Å². The van der Waals surface area contributed by atoms with Crippen LogP contribution in [0.5, 0.6) is 5.75 Å². The first kappa shape index (κ1) is 17.6. The Morgan fingerprint density at radius 2 is 1.68 bits per heavy atom. The summed E-state index contributed by atoms with van der Waals surface area (Å²) in [7, 11) is 0. The lowest BCUT2D eigenvalue weighted by Gasteiger charge is -2.17. The summed E-state index contributed by atoms with van der Waals surface area (Å²) in [5, 5.41) is 18.4. The molecule has 0 aliphatic rings. The molecule has 1 aromatic carbocycles. The minimum absolute atomic E-state index is 0.297. The Labute approximate surface area is 127 Å². The fraction of sp³-hybridized carbons (Fsp3) is 0.375. The standard InChI is InChI=1S/C16H15F3N2O/c1-2-3-9-15(11-20,12-21)10-8-13-4-6-14(7-5-13)22-16(17,18)19/h2,4-7H,1,3,8-10H2. The molecule has 0 aliphatic heterocycles. The van der Waals surface area contributed by atoms with Crippen LogP contribution < -0.4 is 4.74 Å². The maximum atomic E-state index is 12.1. The van der Waals surface area contributed by atoms with Crippen LogP contribution in [0.1, 0.15) is 24.8 Å². The van der Waals surface area contributed by atoms with E-state index in [-0.39, 0.29) is 5.75 Å². The van der Waals surface area contributed by atoms with Gasteiger partial charge in [0, 0.05) is 0 Å². The van der Waals surface area contributed by atoms with Crippen LogP contribution in [0.2, 0.25) is 0 Å². The second kappa shape index (κ2) is 7.51. The van der Waals surface area contributed by atoms with Crippen LogP contribution in [-0.4, -0.2) is 6.36 Å². The third-order valence-electron chi connectivity index (χ3n) is 3.20. The molecule has 0 radical (unpaired) electrons. The molecule has 0 spiro atoms. The first-order valence-electron chi connectivity index (χ1n) is 6.62. The van der Waals surface area contributed by atoms with Gasteiger partial charge < -0.3 is 4.74 Å². The van der Waals surface area contributed by atoms with Crippen molar-refractivity contribution in [2.45, 2.75) is 32.0 Å². The van der Waals surface area contributed by atoms with Gasteiger partial charge in [-0.05, 0) is 43.4 Å². The molecule has 0 fully saturated rings. The number of hydrogen-bond acceptors (Lipinski definition) is 3. The van der Waals surface area contributed by atoms with Crippen LogP contribution in [0.15, 0.2) is 36.9 Å². The molecule has 22 heavy (non-hydrogen) atoms. The molecule has 0 amide bonds. The van der Waals surface area contributed by atoms with Crippen molar-refractivity contribution >= 4 is 0 Å². The number of hydrogen-bond donors (Lipinski definition) is 0. The van der Waals surface area contributed by atoms with Gasteiger partial charge in [-0.1, -0.05) is 18.2 Å². The number of rotatable bonds is 7. The molecule has 0 aromatic heterocycles. The molecule has 0 aliphatic carbocycles. The van der Waals surface area contributed by atoms with Crippen molar-refractivity contribution in [3.05, 3.63) is 42.5 Å². The third kappa shape index (κ3) is 5.49. The van der Waals surface area contributed by atoms with Crippen LogP contribution in [0.3, 0.4) is 0 Å². The van der Waals surface area contributed by atoms with Gasteiger partial charge in [-0.2, -0.15) is 10.5 Å². The van der Waals surface area contributed by atoms with Gasteiger partial charge in [-0.15, -0.1) is 19.8 Å². The van der Waals surface area contributed by atoms with Crippen molar-refractivity contribution in [1.82, 2.24) is 0 Å². The fourth-order valence-electron chi connectivity index (χ4n) is 1.94. The van der Waals surface area contributed by atoms with E-state index in [1.807, 2.05) is 12.1 Å². The summed E-state index contributed by atoms with van der Waals surface area (Å²) >= 11 is 0. The first-order valence-corrected chi connectivity index (χ1v) is 6.62. The quantitative estimate of drug-likeness (QED) is 0.696. The lowest BCUT2D eigenvalue weighted by Crippen LogP contribution is -2.17. The summed E-state index contributed by atoms with van der Waals surface area (Å²) in [6.45, 7) is 3.56. The molecule has 0 atom stereocenters. The van der Waals surface area contributed by atoms with E-state index in [0.29, 0.717) is 25.7 Å². The van der Waals surface area contributed by atoms with E-state index in [9.17, 15) is 23.7 Å². The molecule has 0 N–H and O–H groups in total. The maximum absolute atomic E-state index is 12.1. The lowest BCUT2D eigenvalue weighted by molar-refractivity contribution is -0.274. The number of benzene rings is 1. The second-order valence-corrected chi connectivity index (χ2v) is 4.82. The number of ether oxygens (including phenoxy) is 1. The van der Waals surface area contributed by atoms with Crippen LogP contribution in [0.4, 0.5) is 13.2 Å². The highest BCUT2D eigenvalue weighted by Crippen LogP contribution is 2.29. The summed E-state index contributed by atoms with van der Waals surface area (Å²) < 4.78 is 39.9. The summed E-state index contributed by atoms with van der Waals surface area (Å²) in [6.07, 6.45) is -1.40. The number of allylic oxidation sites excluding steroid dienone is 1. The molecule has 116 valence electrons. The number of alkyl halides is 3.